The molecule has 0 amide bonds. The van der Waals surface area contributed by atoms with E-state index in [1.54, 1.807) is 0 Å². The van der Waals surface area contributed by atoms with Gasteiger partial charge in [0.05, 0.1) is 12.1 Å². The number of nitrogens with zero attached hydrogens (tertiary/aromatic N) is 3. The van der Waals surface area contributed by atoms with E-state index in [-0.39, 0.29) is 18.6 Å². The molecule has 1 fully saturated rings. The van der Waals surface area contributed by atoms with Gasteiger partial charge >= 0.3 is 11.8 Å². The van der Waals surface area contributed by atoms with Gasteiger partial charge in [-0.3, -0.25) is 0 Å². The fourth-order valence-corrected chi connectivity index (χ4v) is 5.50. The van der Waals surface area contributed by atoms with Crippen LogP contribution in [0.4, 0.5) is 0 Å². The zero-order valence-corrected chi connectivity index (χ0v) is 20.6. The Labute approximate surface area is 194 Å². The van der Waals surface area contributed by atoms with Crippen molar-refractivity contribution in [3.63, 3.8) is 0 Å². The molecule has 3 unspecified atom stereocenters. The number of hydrogen-bond donors (Lipinski definition) is 0. The molecule has 2 aromatic rings. The molecule has 1 aliphatic carbocycles. The molecule has 0 radical (unpaired) electrons. The normalized spacial score (nSPS) is 24.0. The fourth-order valence-electron chi connectivity index (χ4n) is 5.23. The maximum absolute atomic E-state index is 13.0. The largest absolute Gasteiger partial charge is 0.460 e. The molecule has 0 N–H and O–H groups in total. The van der Waals surface area contributed by atoms with Gasteiger partial charge in [0.1, 0.15) is 6.10 Å². The van der Waals surface area contributed by atoms with Crippen molar-refractivity contribution < 1.29 is 14.1 Å². The summed E-state index contributed by atoms with van der Waals surface area (Å²) in [5.41, 5.74) is 1.08. The quantitative estimate of drug-likeness (QED) is 0.421. The Balaban J connectivity index is 1.56. The van der Waals surface area contributed by atoms with E-state index in [4.69, 9.17) is 9.84 Å². The van der Waals surface area contributed by atoms with E-state index < -0.39 is 0 Å². The number of rotatable bonds is 5. The number of ether oxygens (including phenoxy) is 1. The Kier molecular flexibility index (Phi) is 7.15. The van der Waals surface area contributed by atoms with Crippen molar-refractivity contribution >= 4 is 21.9 Å². The SMILES string of the molecule is CC1CCC(C(C)C)C(OC(=O)Cn2nc(-c3ccc(Br)cc3)[n+]3c2CCCCC3)C1. The van der Waals surface area contributed by atoms with Crippen molar-refractivity contribution in [2.24, 2.45) is 17.8 Å². The zero-order chi connectivity index (χ0) is 22.0. The number of benzene rings is 1. The Hall–Kier alpha value is -1.69. The zero-order valence-electron chi connectivity index (χ0n) is 19.0. The average Bonchev–Trinajstić information content (AvgIpc) is 2.89. The maximum atomic E-state index is 13.0. The summed E-state index contributed by atoms with van der Waals surface area (Å²) in [4.78, 5) is 13.0. The molecule has 1 saturated carbocycles. The first-order chi connectivity index (χ1) is 14.9. The van der Waals surface area contributed by atoms with Crippen molar-refractivity contribution in [1.29, 1.82) is 0 Å². The van der Waals surface area contributed by atoms with Crippen LogP contribution in [-0.2, 0) is 29.0 Å². The smallest absolute Gasteiger partial charge is 0.344 e. The molecule has 6 heteroatoms. The third kappa shape index (κ3) is 5.21. The van der Waals surface area contributed by atoms with Crippen LogP contribution < -0.4 is 4.57 Å². The first-order valence-corrected chi connectivity index (χ1v) is 12.7. The molecule has 1 aromatic carbocycles. The van der Waals surface area contributed by atoms with Gasteiger partial charge < -0.3 is 4.74 Å². The van der Waals surface area contributed by atoms with Crippen LogP contribution in [-0.4, -0.2) is 21.9 Å². The second-order valence-corrected chi connectivity index (χ2v) is 10.6. The molecule has 0 spiro atoms. The average molecular weight is 489 g/mol. The summed E-state index contributed by atoms with van der Waals surface area (Å²) in [7, 11) is 0. The summed E-state index contributed by atoms with van der Waals surface area (Å²) in [6, 6.07) is 8.26. The predicted molar refractivity (Wildman–Crippen MR) is 124 cm³/mol. The van der Waals surface area contributed by atoms with Crippen molar-refractivity contribution in [2.75, 3.05) is 0 Å². The van der Waals surface area contributed by atoms with Crippen molar-refractivity contribution in [3.05, 3.63) is 34.6 Å². The van der Waals surface area contributed by atoms with E-state index in [2.05, 4.69) is 53.4 Å². The topological polar surface area (TPSA) is 48.0 Å². The van der Waals surface area contributed by atoms with Crippen LogP contribution >= 0.6 is 15.9 Å². The molecule has 3 atom stereocenters. The summed E-state index contributed by atoms with van der Waals surface area (Å²) in [6.07, 6.45) is 7.83. The Morgan fingerprint density at radius 1 is 1.23 bits per heavy atom. The standard InChI is InChI=1S/C25H35BrN3O2/c1-17(2)21-13-8-18(3)15-22(21)31-24(30)16-29-23-7-5-4-6-14-28(23)25(27-29)19-9-11-20(26)12-10-19/h9-12,17-18,21-22H,4-8,13-16H2,1-3H3/q+1. The number of halogens is 1. The van der Waals surface area contributed by atoms with Gasteiger partial charge in [0.25, 0.3) is 0 Å². The van der Waals surface area contributed by atoms with Gasteiger partial charge in [-0.05, 0) is 74.1 Å². The molecule has 31 heavy (non-hydrogen) atoms. The Bertz CT molecular complexity index is 906. The first kappa shape index (κ1) is 22.5. The molecule has 168 valence electrons. The van der Waals surface area contributed by atoms with Crippen molar-refractivity contribution in [3.8, 4) is 11.4 Å². The highest BCUT2D eigenvalue weighted by molar-refractivity contribution is 9.10. The van der Waals surface area contributed by atoms with Gasteiger partial charge in [-0.2, -0.15) is 0 Å². The van der Waals surface area contributed by atoms with Crippen LogP contribution in [0.25, 0.3) is 11.4 Å². The van der Waals surface area contributed by atoms with Gasteiger partial charge in [0, 0.05) is 16.0 Å². The lowest BCUT2D eigenvalue weighted by Crippen LogP contribution is -2.39. The number of carbonyl (C=O) groups excluding carboxylic acids is 1. The maximum Gasteiger partial charge on any atom is 0.344 e. The van der Waals surface area contributed by atoms with Gasteiger partial charge in [-0.1, -0.05) is 43.1 Å². The third-order valence-electron chi connectivity index (χ3n) is 6.99. The Morgan fingerprint density at radius 2 is 2.00 bits per heavy atom. The second kappa shape index (κ2) is 9.85. The van der Waals surface area contributed by atoms with E-state index in [1.807, 2.05) is 16.8 Å². The molecule has 0 bridgehead atoms. The summed E-state index contributed by atoms with van der Waals surface area (Å²) in [5.74, 6) is 3.55. The molecule has 5 nitrogen and oxygen atoms in total. The van der Waals surface area contributed by atoms with E-state index in [0.29, 0.717) is 17.8 Å². The fraction of sp³-hybridized carbons (Fsp3) is 0.640. The molecule has 4 rings (SSSR count). The third-order valence-corrected chi connectivity index (χ3v) is 7.52. The highest BCUT2D eigenvalue weighted by atomic mass is 79.9. The van der Waals surface area contributed by atoms with E-state index in [0.717, 1.165) is 60.3 Å². The minimum atomic E-state index is -0.151. The number of fused-ring (bicyclic) bond motifs is 1. The molecular formula is C25H35BrN3O2+. The van der Waals surface area contributed by atoms with Crippen LogP contribution in [0.3, 0.4) is 0 Å². The van der Waals surface area contributed by atoms with Crippen LogP contribution in [0, 0.1) is 17.8 Å². The number of carbonyl (C=O) groups is 1. The second-order valence-electron chi connectivity index (χ2n) is 9.72. The van der Waals surface area contributed by atoms with Crippen LogP contribution in [0.15, 0.2) is 28.7 Å². The molecule has 1 aliphatic heterocycles. The molecule has 1 aromatic heterocycles. The molecule has 0 saturated heterocycles. The predicted octanol–water partition coefficient (Wildman–Crippen LogP) is 5.33. The highest BCUT2D eigenvalue weighted by Crippen LogP contribution is 2.35. The molecule has 2 heterocycles. The van der Waals surface area contributed by atoms with Gasteiger partial charge in [0.2, 0.25) is 12.4 Å². The minimum Gasteiger partial charge on any atom is -0.460 e. The van der Waals surface area contributed by atoms with E-state index in [1.165, 1.54) is 12.8 Å². The molecule has 2 aliphatic rings. The summed E-state index contributed by atoms with van der Waals surface area (Å²) in [6.45, 7) is 7.91. The lowest BCUT2D eigenvalue weighted by Gasteiger charge is -2.36. The van der Waals surface area contributed by atoms with Crippen LogP contribution in [0.1, 0.15) is 65.1 Å². The Morgan fingerprint density at radius 3 is 2.74 bits per heavy atom. The molecular weight excluding hydrogens is 454 g/mol. The minimum absolute atomic E-state index is 0.0315. The highest BCUT2D eigenvalue weighted by Gasteiger charge is 2.35. The van der Waals surface area contributed by atoms with Crippen LogP contribution in [0.5, 0.6) is 0 Å². The van der Waals surface area contributed by atoms with Crippen molar-refractivity contribution in [2.45, 2.75) is 84.9 Å². The summed E-state index contributed by atoms with van der Waals surface area (Å²) >= 11 is 3.52. The number of aromatic nitrogens is 3. The van der Waals surface area contributed by atoms with E-state index in [9.17, 15) is 4.79 Å². The van der Waals surface area contributed by atoms with Gasteiger partial charge in [-0.25, -0.2) is 9.36 Å². The summed E-state index contributed by atoms with van der Waals surface area (Å²) < 4.78 is 11.3. The lowest BCUT2D eigenvalue weighted by atomic mass is 9.75. The number of hydrogen-bond acceptors (Lipinski definition) is 3. The van der Waals surface area contributed by atoms with Gasteiger partial charge in [-0.15, -0.1) is 4.68 Å². The monoisotopic (exact) mass is 488 g/mol. The first-order valence-electron chi connectivity index (χ1n) is 11.9. The van der Waals surface area contributed by atoms with Crippen molar-refractivity contribution in [1.82, 2.24) is 9.78 Å². The lowest BCUT2D eigenvalue weighted by molar-refractivity contribution is -0.693. The summed E-state index contributed by atoms with van der Waals surface area (Å²) in [5, 5.41) is 4.90. The number of esters is 1. The van der Waals surface area contributed by atoms with E-state index >= 15 is 0 Å². The van der Waals surface area contributed by atoms with Gasteiger partial charge in [0.15, 0.2) is 0 Å². The van der Waals surface area contributed by atoms with Crippen LogP contribution in [0.2, 0.25) is 0 Å².